The summed E-state index contributed by atoms with van der Waals surface area (Å²) in [7, 11) is 0. The second-order valence-corrected chi connectivity index (χ2v) is 5.94. The predicted molar refractivity (Wildman–Crippen MR) is 94.6 cm³/mol. The van der Waals surface area contributed by atoms with E-state index in [0.717, 1.165) is 11.1 Å². The Hall–Kier alpha value is -2.73. The van der Waals surface area contributed by atoms with Crippen molar-refractivity contribution >= 4 is 23.2 Å². The van der Waals surface area contributed by atoms with Gasteiger partial charge in [-0.3, -0.25) is 4.79 Å². The number of halogens is 1. The highest BCUT2D eigenvalue weighted by Crippen LogP contribution is 2.32. The van der Waals surface area contributed by atoms with Gasteiger partial charge in [0.1, 0.15) is 5.75 Å². The molecule has 2 aromatic carbocycles. The third-order valence-corrected chi connectivity index (χ3v) is 3.87. The Balaban J connectivity index is 1.56. The van der Waals surface area contributed by atoms with Crippen LogP contribution in [0.25, 0.3) is 0 Å². The van der Waals surface area contributed by atoms with Crippen molar-refractivity contribution in [3.63, 3.8) is 0 Å². The molecule has 25 heavy (non-hydrogen) atoms. The van der Waals surface area contributed by atoms with Crippen molar-refractivity contribution in [2.45, 2.75) is 13.8 Å². The molecule has 0 bridgehead atoms. The van der Waals surface area contributed by atoms with Gasteiger partial charge >= 0.3 is 0 Å². The van der Waals surface area contributed by atoms with Crippen LogP contribution in [-0.4, -0.2) is 25.0 Å². The average Bonchev–Trinajstić information content (AvgIpc) is 3.06. The second kappa shape index (κ2) is 7.44. The minimum absolute atomic E-state index is 0.139. The summed E-state index contributed by atoms with van der Waals surface area (Å²) in [6, 6.07) is 10.7. The van der Waals surface area contributed by atoms with Crippen LogP contribution in [0.4, 0.5) is 0 Å². The van der Waals surface area contributed by atoms with Crippen LogP contribution in [0.1, 0.15) is 18.1 Å². The number of carbonyl (C=O) groups excluding carboxylic acids is 1. The van der Waals surface area contributed by atoms with Crippen molar-refractivity contribution in [3.05, 3.63) is 52.5 Å². The number of ether oxygens (including phenoxy) is 3. The Labute approximate surface area is 150 Å². The normalized spacial score (nSPS) is 12.8. The monoisotopic (exact) mass is 360 g/mol. The fourth-order valence-electron chi connectivity index (χ4n) is 2.28. The number of benzene rings is 2. The van der Waals surface area contributed by atoms with Gasteiger partial charge < -0.3 is 14.2 Å². The molecule has 0 unspecified atom stereocenters. The molecule has 1 N–H and O–H groups in total. The van der Waals surface area contributed by atoms with E-state index in [1.165, 1.54) is 0 Å². The molecule has 0 atom stereocenters. The Bertz CT molecular complexity index is 836. The number of hydrogen-bond acceptors (Lipinski definition) is 5. The van der Waals surface area contributed by atoms with E-state index in [4.69, 9.17) is 25.8 Å². The number of nitrogens with zero attached hydrogens (tertiary/aromatic N) is 1. The molecule has 3 rings (SSSR count). The molecular formula is C18H17ClN2O4. The molecule has 1 aliphatic heterocycles. The van der Waals surface area contributed by atoms with E-state index in [2.05, 4.69) is 10.5 Å². The van der Waals surface area contributed by atoms with Crippen LogP contribution >= 0.6 is 11.6 Å². The molecule has 0 radical (unpaired) electrons. The summed E-state index contributed by atoms with van der Waals surface area (Å²) in [5, 5.41) is 4.71. The summed E-state index contributed by atoms with van der Waals surface area (Å²) in [5.41, 5.74) is 4.82. The smallest absolute Gasteiger partial charge is 0.277 e. The zero-order chi connectivity index (χ0) is 17.8. The molecule has 0 fully saturated rings. The van der Waals surface area contributed by atoms with E-state index in [-0.39, 0.29) is 19.3 Å². The number of nitrogens with one attached hydrogen (secondary N) is 1. The Morgan fingerprint density at radius 3 is 2.84 bits per heavy atom. The predicted octanol–water partition coefficient (Wildman–Crippen LogP) is 3.30. The molecule has 6 nitrogen and oxygen atoms in total. The lowest BCUT2D eigenvalue weighted by Gasteiger charge is -2.08. The van der Waals surface area contributed by atoms with Crippen LogP contribution in [0, 0.1) is 6.92 Å². The highest BCUT2D eigenvalue weighted by molar-refractivity contribution is 6.30. The van der Waals surface area contributed by atoms with E-state index in [9.17, 15) is 4.79 Å². The summed E-state index contributed by atoms with van der Waals surface area (Å²) in [6.45, 7) is 3.73. The minimum Gasteiger partial charge on any atom is -0.483 e. The lowest BCUT2D eigenvalue weighted by molar-refractivity contribution is -0.123. The van der Waals surface area contributed by atoms with Crippen molar-refractivity contribution in [3.8, 4) is 17.2 Å². The fraction of sp³-hybridized carbons (Fsp3) is 0.222. The number of hydrazone groups is 1. The maximum atomic E-state index is 11.9. The minimum atomic E-state index is -0.352. The molecule has 0 aromatic heterocycles. The highest BCUT2D eigenvalue weighted by Gasteiger charge is 2.14. The molecule has 1 heterocycles. The highest BCUT2D eigenvalue weighted by atomic mass is 35.5. The number of amides is 1. The van der Waals surface area contributed by atoms with Gasteiger partial charge in [0.15, 0.2) is 18.1 Å². The average molecular weight is 361 g/mol. The molecule has 1 aliphatic rings. The number of hydrogen-bond donors (Lipinski definition) is 1. The van der Waals surface area contributed by atoms with Crippen molar-refractivity contribution in [1.82, 2.24) is 5.43 Å². The van der Waals surface area contributed by atoms with E-state index < -0.39 is 0 Å². The summed E-state index contributed by atoms with van der Waals surface area (Å²) in [4.78, 5) is 11.9. The van der Waals surface area contributed by atoms with Crippen LogP contribution in [0.3, 0.4) is 0 Å². The standard InChI is InChI=1S/C18H17ClN2O4/c1-11-7-14(19)4-6-15(11)23-9-18(22)21-20-12(2)13-3-5-16-17(8-13)25-10-24-16/h3-8H,9-10H2,1-2H3,(H,21,22)/b20-12+. The molecule has 130 valence electrons. The first-order valence-corrected chi connectivity index (χ1v) is 8.03. The molecule has 7 heteroatoms. The number of rotatable bonds is 5. The van der Waals surface area contributed by atoms with Gasteiger partial charge in [-0.25, -0.2) is 5.43 Å². The Kier molecular flexibility index (Phi) is 5.09. The zero-order valence-electron chi connectivity index (χ0n) is 13.8. The molecule has 0 spiro atoms. The fourth-order valence-corrected chi connectivity index (χ4v) is 2.51. The summed E-state index contributed by atoms with van der Waals surface area (Å²) >= 11 is 5.89. The van der Waals surface area contributed by atoms with E-state index >= 15 is 0 Å². The summed E-state index contributed by atoms with van der Waals surface area (Å²) in [6.07, 6.45) is 0. The van der Waals surface area contributed by atoms with E-state index in [1.807, 2.05) is 25.1 Å². The third kappa shape index (κ3) is 4.22. The summed E-state index contributed by atoms with van der Waals surface area (Å²) < 4.78 is 16.1. The van der Waals surface area contributed by atoms with Crippen LogP contribution in [0.5, 0.6) is 17.2 Å². The van der Waals surface area contributed by atoms with Crippen molar-refractivity contribution < 1.29 is 19.0 Å². The van der Waals surface area contributed by atoms with Crippen molar-refractivity contribution in [2.24, 2.45) is 5.10 Å². The topological polar surface area (TPSA) is 69.2 Å². The van der Waals surface area contributed by atoms with Gasteiger partial charge in [0.2, 0.25) is 6.79 Å². The molecule has 0 saturated heterocycles. The largest absolute Gasteiger partial charge is 0.483 e. The van der Waals surface area contributed by atoms with Crippen LogP contribution in [0.2, 0.25) is 5.02 Å². The number of carbonyl (C=O) groups is 1. The van der Waals surface area contributed by atoms with Gasteiger partial charge in [-0.1, -0.05) is 11.6 Å². The van der Waals surface area contributed by atoms with Gasteiger partial charge in [0.05, 0.1) is 5.71 Å². The first kappa shape index (κ1) is 17.1. The van der Waals surface area contributed by atoms with Gasteiger partial charge in [-0.15, -0.1) is 0 Å². The van der Waals surface area contributed by atoms with Gasteiger partial charge in [0, 0.05) is 10.6 Å². The first-order valence-electron chi connectivity index (χ1n) is 7.65. The zero-order valence-corrected chi connectivity index (χ0v) is 14.6. The molecule has 2 aromatic rings. The Morgan fingerprint density at radius 2 is 2.04 bits per heavy atom. The number of aryl methyl sites for hydroxylation is 1. The molecule has 0 aliphatic carbocycles. The first-order chi connectivity index (χ1) is 12.0. The molecular weight excluding hydrogens is 344 g/mol. The van der Waals surface area contributed by atoms with E-state index in [0.29, 0.717) is 28.0 Å². The van der Waals surface area contributed by atoms with Crippen LogP contribution in [0.15, 0.2) is 41.5 Å². The van der Waals surface area contributed by atoms with Gasteiger partial charge in [-0.2, -0.15) is 5.10 Å². The van der Waals surface area contributed by atoms with Crippen LogP contribution < -0.4 is 19.6 Å². The summed E-state index contributed by atoms with van der Waals surface area (Å²) in [5.74, 6) is 1.62. The van der Waals surface area contributed by atoms with E-state index in [1.54, 1.807) is 25.1 Å². The maximum absolute atomic E-state index is 11.9. The lowest BCUT2D eigenvalue weighted by Crippen LogP contribution is -2.25. The van der Waals surface area contributed by atoms with Crippen LogP contribution in [-0.2, 0) is 4.79 Å². The van der Waals surface area contributed by atoms with Gasteiger partial charge in [-0.05, 0) is 55.8 Å². The second-order valence-electron chi connectivity index (χ2n) is 5.50. The quantitative estimate of drug-likeness (QED) is 0.656. The van der Waals surface area contributed by atoms with Crippen molar-refractivity contribution in [2.75, 3.05) is 13.4 Å². The lowest BCUT2D eigenvalue weighted by atomic mass is 10.1. The van der Waals surface area contributed by atoms with Gasteiger partial charge in [0.25, 0.3) is 5.91 Å². The molecule has 0 saturated carbocycles. The van der Waals surface area contributed by atoms with Crippen molar-refractivity contribution in [1.29, 1.82) is 0 Å². The SMILES string of the molecule is C/C(=N\NC(=O)COc1ccc(Cl)cc1C)c1ccc2c(c1)OCO2. The molecule has 1 amide bonds. The number of fused-ring (bicyclic) bond motifs is 1. The maximum Gasteiger partial charge on any atom is 0.277 e. The Morgan fingerprint density at radius 1 is 1.24 bits per heavy atom. The third-order valence-electron chi connectivity index (χ3n) is 3.63.